The van der Waals surface area contributed by atoms with Crippen LogP contribution in [0.2, 0.25) is 0 Å². The summed E-state index contributed by atoms with van der Waals surface area (Å²) in [7, 11) is 2.79. The van der Waals surface area contributed by atoms with Crippen LogP contribution in [-0.4, -0.2) is 30.7 Å². The molecule has 0 spiro atoms. The number of aromatic nitrogens is 1. The van der Waals surface area contributed by atoms with Crippen molar-refractivity contribution >= 4 is 40.7 Å². The summed E-state index contributed by atoms with van der Waals surface area (Å²) in [4.78, 5) is 43.3. The van der Waals surface area contributed by atoms with E-state index >= 15 is 0 Å². The zero-order valence-corrected chi connectivity index (χ0v) is 19.9. The van der Waals surface area contributed by atoms with Gasteiger partial charge in [-0.15, -0.1) is 11.3 Å². The van der Waals surface area contributed by atoms with Gasteiger partial charge in [0.2, 0.25) is 0 Å². The van der Waals surface area contributed by atoms with E-state index in [0.29, 0.717) is 31.9 Å². The Bertz CT molecular complexity index is 1450. The quantitative estimate of drug-likeness (QED) is 0.408. The largest absolute Gasteiger partial charge is 0.493 e. The number of rotatable bonds is 5. The molecule has 3 aromatic rings. The highest BCUT2D eigenvalue weighted by atomic mass is 32.1. The minimum absolute atomic E-state index is 0.256. The molecule has 0 saturated carbocycles. The number of esters is 2. The Morgan fingerprint density at radius 2 is 1.97 bits per heavy atom. The number of carbonyl (C=O) groups is 2. The molecule has 2 aromatic heterocycles. The summed E-state index contributed by atoms with van der Waals surface area (Å²) in [6.07, 6.45) is 1.69. The zero-order chi connectivity index (χ0) is 23.7. The highest BCUT2D eigenvalue weighted by Crippen LogP contribution is 2.33. The second-order valence-electron chi connectivity index (χ2n) is 7.09. The fourth-order valence-electron chi connectivity index (χ4n) is 3.58. The third-order valence-corrected chi connectivity index (χ3v) is 6.89. The Kier molecular flexibility index (Phi) is 6.30. The predicted molar refractivity (Wildman–Crippen MR) is 124 cm³/mol. The van der Waals surface area contributed by atoms with Crippen molar-refractivity contribution in [1.82, 2.24) is 4.57 Å². The molecule has 0 bridgehead atoms. The summed E-state index contributed by atoms with van der Waals surface area (Å²) >= 11 is 2.67. The van der Waals surface area contributed by atoms with Crippen LogP contribution in [0.1, 0.15) is 30.3 Å². The van der Waals surface area contributed by atoms with Gasteiger partial charge in [0.25, 0.3) is 5.56 Å². The Labute approximate surface area is 196 Å². The van der Waals surface area contributed by atoms with E-state index in [9.17, 15) is 14.4 Å². The number of nitrogens with zero attached hydrogens (tertiary/aromatic N) is 2. The van der Waals surface area contributed by atoms with Crippen molar-refractivity contribution in [2.45, 2.75) is 19.9 Å². The molecule has 10 heteroatoms. The van der Waals surface area contributed by atoms with Crippen LogP contribution < -0.4 is 24.4 Å². The minimum Gasteiger partial charge on any atom is -0.493 e. The first-order chi connectivity index (χ1) is 15.8. The molecule has 0 saturated heterocycles. The first-order valence-corrected chi connectivity index (χ1v) is 11.5. The first kappa shape index (κ1) is 22.7. The zero-order valence-electron chi connectivity index (χ0n) is 18.3. The smallest absolute Gasteiger partial charge is 0.338 e. The molecule has 0 radical (unpaired) electrons. The molecule has 0 amide bonds. The summed E-state index contributed by atoms with van der Waals surface area (Å²) in [5.74, 6) is -0.344. The van der Waals surface area contributed by atoms with Crippen LogP contribution in [0.25, 0.3) is 6.08 Å². The van der Waals surface area contributed by atoms with Gasteiger partial charge in [-0.3, -0.25) is 14.2 Å². The van der Waals surface area contributed by atoms with Crippen molar-refractivity contribution in [2.24, 2.45) is 4.99 Å². The summed E-state index contributed by atoms with van der Waals surface area (Å²) in [6.45, 7) is 3.04. The first-order valence-electron chi connectivity index (χ1n) is 9.84. The molecular weight excluding hydrogens is 464 g/mol. The van der Waals surface area contributed by atoms with E-state index in [4.69, 9.17) is 14.2 Å². The van der Waals surface area contributed by atoms with Gasteiger partial charge in [0.05, 0.1) is 30.0 Å². The number of thiophene rings is 1. The maximum atomic E-state index is 13.5. The van der Waals surface area contributed by atoms with Gasteiger partial charge < -0.3 is 14.2 Å². The van der Waals surface area contributed by atoms with E-state index in [-0.39, 0.29) is 11.3 Å². The van der Waals surface area contributed by atoms with Crippen molar-refractivity contribution in [2.75, 3.05) is 14.2 Å². The van der Waals surface area contributed by atoms with Gasteiger partial charge in [-0.1, -0.05) is 23.5 Å². The number of hydrogen-bond acceptors (Lipinski definition) is 9. The normalized spacial score (nSPS) is 15.6. The lowest BCUT2D eigenvalue weighted by Crippen LogP contribution is -2.39. The standard InChI is InChI=1S/C23H20N2O6S2/c1-12-19(22(28)30-4)20(17-6-5-9-32-17)25-21(27)18(33-23(25)24-12)11-14-7-8-15(29-3)16(10-14)31-13(2)26/h5-11,20H,1-4H3. The monoisotopic (exact) mass is 484 g/mol. The molecular formula is C23H20N2O6S2. The van der Waals surface area contributed by atoms with Crippen molar-refractivity contribution in [3.8, 4) is 11.5 Å². The molecule has 8 nitrogen and oxygen atoms in total. The molecule has 0 N–H and O–H groups in total. The van der Waals surface area contributed by atoms with E-state index in [1.807, 2.05) is 17.5 Å². The highest BCUT2D eigenvalue weighted by Gasteiger charge is 2.33. The highest BCUT2D eigenvalue weighted by molar-refractivity contribution is 7.10. The lowest BCUT2D eigenvalue weighted by Gasteiger charge is -2.22. The number of allylic oxidation sites excluding steroid dienone is 1. The van der Waals surface area contributed by atoms with Crippen molar-refractivity contribution in [3.05, 3.63) is 77.1 Å². The Balaban J connectivity index is 1.89. The predicted octanol–water partition coefficient (Wildman–Crippen LogP) is 2.40. The number of hydrogen-bond donors (Lipinski definition) is 0. The van der Waals surface area contributed by atoms with E-state index in [2.05, 4.69) is 4.99 Å². The average molecular weight is 485 g/mol. The minimum atomic E-state index is -0.622. The van der Waals surface area contributed by atoms with E-state index in [1.165, 1.54) is 48.4 Å². The van der Waals surface area contributed by atoms with Crippen LogP contribution in [0.5, 0.6) is 11.5 Å². The molecule has 1 aliphatic heterocycles. The summed E-state index contributed by atoms with van der Waals surface area (Å²) in [6, 6.07) is 8.17. The van der Waals surface area contributed by atoms with Crippen LogP contribution in [0.4, 0.5) is 0 Å². The molecule has 1 aliphatic rings. The Morgan fingerprint density at radius 3 is 2.61 bits per heavy atom. The lowest BCUT2D eigenvalue weighted by atomic mass is 10.0. The van der Waals surface area contributed by atoms with Crippen LogP contribution >= 0.6 is 22.7 Å². The van der Waals surface area contributed by atoms with Gasteiger partial charge in [-0.05, 0) is 42.1 Å². The number of ether oxygens (including phenoxy) is 3. The van der Waals surface area contributed by atoms with E-state index in [1.54, 1.807) is 31.2 Å². The third kappa shape index (κ3) is 4.27. The summed E-state index contributed by atoms with van der Waals surface area (Å²) in [5, 5.41) is 1.89. The number of carbonyl (C=O) groups excluding carboxylic acids is 2. The maximum Gasteiger partial charge on any atom is 0.338 e. The average Bonchev–Trinajstić information content (AvgIpc) is 3.41. The number of benzene rings is 1. The number of methoxy groups -OCH3 is 2. The molecule has 0 aliphatic carbocycles. The van der Waals surface area contributed by atoms with Gasteiger partial charge >= 0.3 is 11.9 Å². The van der Waals surface area contributed by atoms with Crippen LogP contribution in [0, 0.1) is 0 Å². The number of fused-ring (bicyclic) bond motifs is 1. The maximum absolute atomic E-state index is 13.5. The van der Waals surface area contributed by atoms with E-state index in [0.717, 1.165) is 4.88 Å². The molecule has 0 fully saturated rings. The van der Waals surface area contributed by atoms with Crippen LogP contribution in [0.15, 0.2) is 56.8 Å². The molecule has 1 aromatic carbocycles. The van der Waals surface area contributed by atoms with Gasteiger partial charge in [0.15, 0.2) is 16.3 Å². The topological polar surface area (TPSA) is 96.2 Å². The van der Waals surface area contributed by atoms with Gasteiger partial charge in [0.1, 0.15) is 6.04 Å². The van der Waals surface area contributed by atoms with Gasteiger partial charge in [-0.2, -0.15) is 0 Å². The van der Waals surface area contributed by atoms with Crippen LogP contribution in [-0.2, 0) is 14.3 Å². The van der Waals surface area contributed by atoms with Crippen LogP contribution in [0.3, 0.4) is 0 Å². The lowest BCUT2D eigenvalue weighted by molar-refractivity contribution is -0.136. The summed E-state index contributed by atoms with van der Waals surface area (Å²) < 4.78 is 17.4. The molecule has 1 unspecified atom stereocenters. The van der Waals surface area contributed by atoms with Crippen molar-refractivity contribution in [3.63, 3.8) is 0 Å². The summed E-state index contributed by atoms with van der Waals surface area (Å²) in [5.41, 5.74) is 1.21. The fraction of sp³-hybridized carbons (Fsp3) is 0.217. The van der Waals surface area contributed by atoms with Gasteiger partial charge in [-0.25, -0.2) is 9.79 Å². The van der Waals surface area contributed by atoms with Crippen molar-refractivity contribution in [1.29, 1.82) is 0 Å². The molecule has 170 valence electrons. The molecule has 33 heavy (non-hydrogen) atoms. The molecule has 4 rings (SSSR count). The Morgan fingerprint density at radius 1 is 1.18 bits per heavy atom. The second kappa shape index (κ2) is 9.16. The van der Waals surface area contributed by atoms with Crippen molar-refractivity contribution < 1.29 is 23.8 Å². The molecule has 1 atom stereocenters. The molecule has 3 heterocycles. The SMILES string of the molecule is COC(=O)C1=C(C)N=c2sc(=Cc3ccc(OC)c(OC(C)=O)c3)c(=O)n2C1c1cccs1. The third-order valence-electron chi connectivity index (χ3n) is 4.98. The van der Waals surface area contributed by atoms with Gasteiger partial charge in [0, 0.05) is 11.8 Å². The Hall–Kier alpha value is -3.50. The second-order valence-corrected chi connectivity index (χ2v) is 9.08. The number of thiazole rings is 1. The fourth-order valence-corrected chi connectivity index (χ4v) is 5.45. The van der Waals surface area contributed by atoms with E-state index < -0.39 is 18.0 Å².